The van der Waals surface area contributed by atoms with Crippen molar-refractivity contribution in [1.82, 2.24) is 4.72 Å². The van der Waals surface area contributed by atoms with Crippen molar-refractivity contribution in [2.75, 3.05) is 12.4 Å². The fourth-order valence-corrected chi connectivity index (χ4v) is 3.45. The topological polar surface area (TPSA) is 81.4 Å². The van der Waals surface area contributed by atoms with Crippen LogP contribution in [0.15, 0.2) is 0 Å². The van der Waals surface area contributed by atoms with Gasteiger partial charge in [0.2, 0.25) is 10.0 Å². The van der Waals surface area contributed by atoms with E-state index in [9.17, 15) is 8.42 Å². The molecule has 0 aliphatic carbocycles. The van der Waals surface area contributed by atoms with Crippen LogP contribution in [0, 0.1) is 0 Å². The average Bonchev–Trinajstić information content (AvgIpc) is 1.96. The third-order valence-electron chi connectivity index (χ3n) is 2.38. The van der Waals surface area contributed by atoms with Crippen LogP contribution < -0.4 is 10.5 Å². The number of sulfonamides is 1. The highest BCUT2D eigenvalue weighted by Gasteiger charge is 2.31. The van der Waals surface area contributed by atoms with Crippen molar-refractivity contribution >= 4 is 27.2 Å². The van der Waals surface area contributed by atoms with Crippen molar-refractivity contribution in [3.05, 3.63) is 0 Å². The number of nitrogens with two attached hydrogens (primary N) is 1. The number of ether oxygens (including phenoxy) is 1. The lowest BCUT2D eigenvalue weighted by Crippen LogP contribution is -2.47. The number of nitrogens with one attached hydrogen (secondary N) is 1. The van der Waals surface area contributed by atoms with E-state index in [1.165, 1.54) is 0 Å². The van der Waals surface area contributed by atoms with Crippen molar-refractivity contribution < 1.29 is 13.2 Å². The summed E-state index contributed by atoms with van der Waals surface area (Å²) < 4.78 is 31.3. The Bertz CT molecular complexity index is 365. The first-order valence-corrected chi connectivity index (χ1v) is 7.18. The zero-order chi connectivity index (χ0) is 12.4. The van der Waals surface area contributed by atoms with E-state index < -0.39 is 10.0 Å². The maximum atomic E-state index is 11.6. The van der Waals surface area contributed by atoms with Crippen LogP contribution >= 0.6 is 12.2 Å². The molecular formula is C9H18N2O3S2. The Morgan fingerprint density at radius 3 is 2.75 bits per heavy atom. The number of thiocarbonyl (C=S) groups is 1. The van der Waals surface area contributed by atoms with E-state index in [2.05, 4.69) is 16.9 Å². The minimum atomic E-state index is -3.40. The number of rotatable bonds is 4. The van der Waals surface area contributed by atoms with Crippen molar-refractivity contribution in [3.63, 3.8) is 0 Å². The van der Waals surface area contributed by atoms with Crippen molar-refractivity contribution in [2.45, 2.75) is 38.3 Å². The summed E-state index contributed by atoms with van der Waals surface area (Å²) in [5.74, 6) is -0.292. The van der Waals surface area contributed by atoms with Crippen LogP contribution in [0.5, 0.6) is 0 Å². The Kier molecular flexibility index (Phi) is 4.28. The second-order valence-corrected chi connectivity index (χ2v) is 6.92. The van der Waals surface area contributed by atoms with Crippen LogP contribution in [0.1, 0.15) is 26.7 Å². The number of hydrogen-bond acceptors (Lipinski definition) is 4. The standard InChI is InChI=1S/C9H18N2O3S2/c1-9(2)5-7(3-4-14-9)11-16(12,13)6-8(10)15/h7,11H,3-6H2,1-2H3,(H2,10,15). The first-order valence-electron chi connectivity index (χ1n) is 5.12. The Morgan fingerprint density at radius 1 is 1.62 bits per heavy atom. The molecule has 3 N–H and O–H groups in total. The molecule has 0 aromatic rings. The van der Waals surface area contributed by atoms with Crippen molar-refractivity contribution in [3.8, 4) is 0 Å². The third-order valence-corrected chi connectivity index (χ3v) is 4.09. The summed E-state index contributed by atoms with van der Waals surface area (Å²) >= 11 is 4.59. The Morgan fingerprint density at radius 2 is 2.25 bits per heavy atom. The first kappa shape index (κ1) is 13.8. The van der Waals surface area contributed by atoms with E-state index in [4.69, 9.17) is 10.5 Å². The fourth-order valence-electron chi connectivity index (χ4n) is 1.82. The van der Waals surface area contributed by atoms with Gasteiger partial charge in [0.1, 0.15) is 5.75 Å². The van der Waals surface area contributed by atoms with E-state index in [0.717, 1.165) is 0 Å². The minimum Gasteiger partial charge on any atom is -0.392 e. The molecule has 0 aromatic carbocycles. The predicted octanol–water partition coefficient (Wildman–Crippen LogP) is 0.150. The summed E-state index contributed by atoms with van der Waals surface area (Å²) in [6.45, 7) is 4.45. The fraction of sp³-hybridized carbons (Fsp3) is 0.889. The Balaban J connectivity index is 2.57. The third kappa shape index (κ3) is 4.73. The zero-order valence-corrected chi connectivity index (χ0v) is 11.2. The largest absolute Gasteiger partial charge is 0.392 e. The molecule has 1 atom stereocenters. The molecule has 0 saturated carbocycles. The van der Waals surface area contributed by atoms with Gasteiger partial charge in [-0.25, -0.2) is 13.1 Å². The number of hydrogen-bond donors (Lipinski definition) is 2. The lowest BCUT2D eigenvalue weighted by Gasteiger charge is -2.35. The van der Waals surface area contributed by atoms with E-state index in [-0.39, 0.29) is 22.4 Å². The lowest BCUT2D eigenvalue weighted by molar-refractivity contribution is -0.0599. The smallest absolute Gasteiger partial charge is 0.218 e. The zero-order valence-electron chi connectivity index (χ0n) is 9.52. The van der Waals surface area contributed by atoms with Gasteiger partial charge in [0, 0.05) is 12.6 Å². The maximum Gasteiger partial charge on any atom is 0.218 e. The normalized spacial score (nSPS) is 25.2. The van der Waals surface area contributed by atoms with E-state index in [1.807, 2.05) is 13.8 Å². The molecule has 1 saturated heterocycles. The molecule has 1 heterocycles. The van der Waals surface area contributed by atoms with E-state index >= 15 is 0 Å². The summed E-state index contributed by atoms with van der Waals surface area (Å²) in [4.78, 5) is -0.0150. The molecule has 0 amide bonds. The molecular weight excluding hydrogens is 248 g/mol. The molecule has 5 nitrogen and oxygen atoms in total. The van der Waals surface area contributed by atoms with E-state index in [1.54, 1.807) is 0 Å². The van der Waals surface area contributed by atoms with Gasteiger partial charge >= 0.3 is 0 Å². The van der Waals surface area contributed by atoms with Gasteiger partial charge in [-0.3, -0.25) is 0 Å². The molecule has 1 rings (SSSR count). The molecule has 7 heteroatoms. The minimum absolute atomic E-state index is 0.0150. The summed E-state index contributed by atoms with van der Waals surface area (Å²) in [5, 5.41) is 0. The predicted molar refractivity (Wildman–Crippen MR) is 66.8 cm³/mol. The van der Waals surface area contributed by atoms with Crippen LogP contribution in [0.3, 0.4) is 0 Å². The Hall–Kier alpha value is -0.240. The van der Waals surface area contributed by atoms with Crippen molar-refractivity contribution in [1.29, 1.82) is 0 Å². The second-order valence-electron chi connectivity index (χ2n) is 4.64. The van der Waals surface area contributed by atoms with Gasteiger partial charge < -0.3 is 10.5 Å². The van der Waals surface area contributed by atoms with Gasteiger partial charge in [-0.2, -0.15) is 0 Å². The molecule has 1 aliphatic rings. The van der Waals surface area contributed by atoms with Gasteiger partial charge in [-0.05, 0) is 26.7 Å². The SMILES string of the molecule is CC1(C)CC(NS(=O)(=O)CC(N)=S)CCO1. The van der Waals surface area contributed by atoms with E-state index in [0.29, 0.717) is 19.4 Å². The molecule has 0 aromatic heterocycles. The first-order chi connectivity index (χ1) is 7.20. The maximum absolute atomic E-state index is 11.6. The van der Waals surface area contributed by atoms with Crippen molar-refractivity contribution in [2.24, 2.45) is 5.73 Å². The quantitative estimate of drug-likeness (QED) is 0.708. The highest BCUT2D eigenvalue weighted by molar-refractivity contribution is 7.92. The molecule has 94 valence electrons. The molecule has 1 unspecified atom stereocenters. The summed E-state index contributed by atoms with van der Waals surface area (Å²) in [5.41, 5.74) is 4.94. The molecule has 1 aliphatic heterocycles. The lowest BCUT2D eigenvalue weighted by atomic mass is 9.95. The summed E-state index contributed by atoms with van der Waals surface area (Å²) in [7, 11) is -3.40. The monoisotopic (exact) mass is 266 g/mol. The van der Waals surface area contributed by atoms with Crippen LogP contribution in [0.25, 0.3) is 0 Å². The van der Waals surface area contributed by atoms with Gasteiger partial charge in [0.25, 0.3) is 0 Å². The van der Waals surface area contributed by atoms with Gasteiger partial charge in [-0.1, -0.05) is 12.2 Å². The van der Waals surface area contributed by atoms with Crippen LogP contribution in [-0.2, 0) is 14.8 Å². The van der Waals surface area contributed by atoms with Gasteiger partial charge in [0.15, 0.2) is 0 Å². The van der Waals surface area contributed by atoms with Gasteiger partial charge in [-0.15, -0.1) is 0 Å². The highest BCUT2D eigenvalue weighted by atomic mass is 32.2. The summed E-state index contributed by atoms with van der Waals surface area (Å²) in [6.07, 6.45) is 1.34. The summed E-state index contributed by atoms with van der Waals surface area (Å²) in [6, 6.07) is -0.0944. The van der Waals surface area contributed by atoms with Gasteiger partial charge in [0.05, 0.1) is 10.6 Å². The molecule has 0 spiro atoms. The second kappa shape index (κ2) is 4.95. The molecule has 1 fully saturated rings. The van der Waals surface area contributed by atoms with Crippen LogP contribution in [0.4, 0.5) is 0 Å². The highest BCUT2D eigenvalue weighted by Crippen LogP contribution is 2.24. The average molecular weight is 266 g/mol. The van der Waals surface area contributed by atoms with Crippen LogP contribution in [-0.4, -0.2) is 37.4 Å². The molecule has 0 bridgehead atoms. The molecule has 0 radical (unpaired) electrons. The Labute approximate surface area is 102 Å². The molecule has 16 heavy (non-hydrogen) atoms. The van der Waals surface area contributed by atoms with Crippen LogP contribution in [0.2, 0.25) is 0 Å².